The van der Waals surface area contributed by atoms with Crippen LogP contribution in [0.5, 0.6) is 0 Å². The lowest BCUT2D eigenvalue weighted by Gasteiger charge is -2.13. The van der Waals surface area contributed by atoms with Gasteiger partial charge in [0.1, 0.15) is 5.69 Å². The first kappa shape index (κ1) is 14.1. The van der Waals surface area contributed by atoms with Gasteiger partial charge in [0.05, 0.1) is 18.4 Å². The van der Waals surface area contributed by atoms with Gasteiger partial charge in [0.15, 0.2) is 5.69 Å². The first-order valence-electron chi connectivity index (χ1n) is 4.42. The maximum atomic E-state index is 12.5. The summed E-state index contributed by atoms with van der Waals surface area (Å²) in [4.78, 5) is 14.2. The normalized spacial score (nSPS) is 11.7. The van der Waals surface area contributed by atoms with E-state index in [-0.39, 0.29) is 6.07 Å². The molecule has 1 rings (SSSR count). The minimum Gasteiger partial charge on any atom is -0.464 e. The molecule has 1 aromatic rings. The predicted octanol–water partition coefficient (Wildman–Crippen LogP) is 2.41. The zero-order chi connectivity index (χ0) is 14.1. The Bertz CT molecular complexity index is 473. The second kappa shape index (κ2) is 4.75. The Morgan fingerprint density at radius 2 is 2.00 bits per heavy atom. The highest BCUT2D eigenvalue weighted by molar-refractivity contribution is 5.93. The highest BCUT2D eigenvalue weighted by Crippen LogP contribution is 2.36. The molecule has 0 aliphatic heterocycles. The second-order valence-electron chi connectivity index (χ2n) is 3.15. The van der Waals surface area contributed by atoms with E-state index in [2.05, 4.69) is 9.72 Å². The third-order valence-electron chi connectivity index (χ3n) is 1.99. The van der Waals surface area contributed by atoms with Crippen LogP contribution in [0.4, 0.5) is 27.6 Å². The number of nitrogen functional groups attached to an aromatic ring is 1. The molecule has 0 fully saturated rings. The van der Waals surface area contributed by atoms with Crippen LogP contribution in [0.15, 0.2) is 6.07 Å². The number of rotatable bonds is 2. The zero-order valence-corrected chi connectivity index (χ0v) is 8.89. The van der Waals surface area contributed by atoms with E-state index in [4.69, 9.17) is 5.73 Å². The molecule has 0 spiro atoms. The average molecular weight is 270 g/mol. The van der Waals surface area contributed by atoms with Crippen LogP contribution in [-0.2, 0) is 10.9 Å². The summed E-state index contributed by atoms with van der Waals surface area (Å²) in [5, 5.41) is 0. The van der Waals surface area contributed by atoms with Gasteiger partial charge in [-0.2, -0.15) is 13.2 Å². The Kier molecular flexibility index (Phi) is 3.73. The number of aromatic nitrogens is 1. The van der Waals surface area contributed by atoms with E-state index < -0.39 is 41.2 Å². The number of carbonyl (C=O) groups is 1. The van der Waals surface area contributed by atoms with Crippen LogP contribution in [0, 0.1) is 0 Å². The van der Waals surface area contributed by atoms with Gasteiger partial charge in [-0.15, -0.1) is 0 Å². The number of pyridine rings is 1. The Hall–Kier alpha value is -1.93. The van der Waals surface area contributed by atoms with E-state index in [0.717, 1.165) is 7.11 Å². The molecule has 4 nitrogen and oxygen atoms in total. The predicted molar refractivity (Wildman–Crippen MR) is 49.9 cm³/mol. The molecule has 0 saturated carbocycles. The summed E-state index contributed by atoms with van der Waals surface area (Å²) >= 11 is 0. The van der Waals surface area contributed by atoms with Crippen LogP contribution in [0.3, 0.4) is 0 Å². The molecule has 2 N–H and O–H groups in total. The van der Waals surface area contributed by atoms with E-state index in [0.29, 0.717) is 0 Å². The summed E-state index contributed by atoms with van der Waals surface area (Å²) in [6, 6.07) is 0.104. The lowest BCUT2D eigenvalue weighted by atomic mass is 10.1. The van der Waals surface area contributed by atoms with Gasteiger partial charge in [0.25, 0.3) is 6.43 Å². The number of nitrogens with zero attached hydrogens (tertiary/aromatic N) is 1. The van der Waals surface area contributed by atoms with Crippen molar-refractivity contribution in [2.75, 3.05) is 12.8 Å². The van der Waals surface area contributed by atoms with Crippen molar-refractivity contribution in [3.05, 3.63) is 23.0 Å². The number of ether oxygens (including phenoxy) is 1. The molecule has 0 aromatic carbocycles. The van der Waals surface area contributed by atoms with Gasteiger partial charge in [-0.25, -0.2) is 18.6 Å². The average Bonchev–Trinajstić information content (AvgIpc) is 2.26. The molecule has 0 unspecified atom stereocenters. The quantitative estimate of drug-likeness (QED) is 0.662. The molecular weight excluding hydrogens is 263 g/mol. The topological polar surface area (TPSA) is 65.2 Å². The maximum absolute atomic E-state index is 12.5. The largest absolute Gasteiger partial charge is 0.464 e. The molecule has 0 radical (unpaired) electrons. The molecule has 0 aliphatic rings. The molecule has 0 amide bonds. The molecule has 9 heteroatoms. The van der Waals surface area contributed by atoms with Crippen LogP contribution in [-0.4, -0.2) is 18.1 Å². The van der Waals surface area contributed by atoms with Crippen molar-refractivity contribution in [3.63, 3.8) is 0 Å². The van der Waals surface area contributed by atoms with Gasteiger partial charge in [0.2, 0.25) is 0 Å². The standard InChI is InChI=1S/C9H7F5N2O2/c1-18-8(17)6-5(15)3(9(12,13)14)2-4(16-6)7(10)11/h2,7H,15H2,1H3. The summed E-state index contributed by atoms with van der Waals surface area (Å²) in [5.41, 5.74) is 0.315. The molecular formula is C9H7F5N2O2. The lowest BCUT2D eigenvalue weighted by Crippen LogP contribution is -2.17. The van der Waals surface area contributed by atoms with Gasteiger partial charge in [-0.1, -0.05) is 0 Å². The van der Waals surface area contributed by atoms with E-state index in [1.165, 1.54) is 0 Å². The molecule has 0 bridgehead atoms. The van der Waals surface area contributed by atoms with E-state index >= 15 is 0 Å². The molecule has 0 saturated heterocycles. The summed E-state index contributed by atoms with van der Waals surface area (Å²) in [5.74, 6) is -1.32. The lowest BCUT2D eigenvalue weighted by molar-refractivity contribution is -0.137. The summed E-state index contributed by atoms with van der Waals surface area (Å²) in [6.07, 6.45) is -8.24. The highest BCUT2D eigenvalue weighted by Gasteiger charge is 2.37. The molecule has 100 valence electrons. The number of hydrogen-bond donors (Lipinski definition) is 1. The molecule has 0 atom stereocenters. The van der Waals surface area contributed by atoms with Crippen LogP contribution in [0.2, 0.25) is 0 Å². The second-order valence-corrected chi connectivity index (χ2v) is 3.15. The molecule has 1 aromatic heterocycles. The summed E-state index contributed by atoms with van der Waals surface area (Å²) in [6.45, 7) is 0. The van der Waals surface area contributed by atoms with Gasteiger partial charge in [-0.3, -0.25) is 0 Å². The Balaban J connectivity index is 3.53. The van der Waals surface area contributed by atoms with Gasteiger partial charge >= 0.3 is 12.1 Å². The molecule has 0 aliphatic carbocycles. The minimum absolute atomic E-state index is 0.104. The van der Waals surface area contributed by atoms with Crippen LogP contribution < -0.4 is 5.73 Å². The Morgan fingerprint density at radius 3 is 2.39 bits per heavy atom. The minimum atomic E-state index is -4.97. The molecule has 1 heterocycles. The van der Waals surface area contributed by atoms with Crippen LogP contribution >= 0.6 is 0 Å². The first-order valence-corrected chi connectivity index (χ1v) is 4.42. The van der Waals surface area contributed by atoms with Gasteiger partial charge < -0.3 is 10.5 Å². The SMILES string of the molecule is COC(=O)c1nc(C(F)F)cc(C(F)(F)F)c1N. The van der Waals surface area contributed by atoms with Gasteiger partial charge in [0, 0.05) is 0 Å². The van der Waals surface area contributed by atoms with Crippen molar-refractivity contribution in [1.29, 1.82) is 0 Å². The zero-order valence-electron chi connectivity index (χ0n) is 8.89. The monoisotopic (exact) mass is 270 g/mol. The smallest absolute Gasteiger partial charge is 0.418 e. The van der Waals surface area contributed by atoms with Crippen molar-refractivity contribution in [3.8, 4) is 0 Å². The number of methoxy groups -OCH3 is 1. The van der Waals surface area contributed by atoms with Crippen LogP contribution in [0.1, 0.15) is 28.2 Å². The first-order chi connectivity index (χ1) is 8.18. The van der Waals surface area contributed by atoms with Crippen molar-refractivity contribution in [1.82, 2.24) is 4.98 Å². The number of halogens is 5. The summed E-state index contributed by atoms with van der Waals surface area (Å²) < 4.78 is 66.5. The summed E-state index contributed by atoms with van der Waals surface area (Å²) in [7, 11) is 0.867. The number of anilines is 1. The fourth-order valence-electron chi connectivity index (χ4n) is 1.17. The number of nitrogens with two attached hydrogens (primary N) is 1. The Labute approximate surface area is 97.6 Å². The van der Waals surface area contributed by atoms with E-state index in [9.17, 15) is 26.7 Å². The number of alkyl halides is 5. The highest BCUT2D eigenvalue weighted by atomic mass is 19.4. The number of esters is 1. The van der Waals surface area contributed by atoms with Crippen molar-refractivity contribution < 1.29 is 31.5 Å². The van der Waals surface area contributed by atoms with Crippen LogP contribution in [0.25, 0.3) is 0 Å². The maximum Gasteiger partial charge on any atom is 0.418 e. The van der Waals surface area contributed by atoms with E-state index in [1.807, 2.05) is 0 Å². The molecule has 18 heavy (non-hydrogen) atoms. The fourth-order valence-corrected chi connectivity index (χ4v) is 1.17. The third kappa shape index (κ3) is 2.66. The number of hydrogen-bond acceptors (Lipinski definition) is 4. The fraction of sp³-hybridized carbons (Fsp3) is 0.333. The Morgan fingerprint density at radius 1 is 1.44 bits per heavy atom. The van der Waals surface area contributed by atoms with Crippen molar-refractivity contribution >= 4 is 11.7 Å². The van der Waals surface area contributed by atoms with E-state index in [1.54, 1.807) is 0 Å². The van der Waals surface area contributed by atoms with Crippen molar-refractivity contribution in [2.45, 2.75) is 12.6 Å². The third-order valence-corrected chi connectivity index (χ3v) is 1.99. The number of carbonyl (C=O) groups excluding carboxylic acids is 1. The van der Waals surface area contributed by atoms with Gasteiger partial charge in [-0.05, 0) is 6.07 Å². The van der Waals surface area contributed by atoms with Crippen molar-refractivity contribution in [2.24, 2.45) is 0 Å².